The summed E-state index contributed by atoms with van der Waals surface area (Å²) in [7, 11) is -3.16. The van der Waals surface area contributed by atoms with Gasteiger partial charge in [0.1, 0.15) is 0 Å². The molecule has 0 aromatic heterocycles. The fourth-order valence-corrected chi connectivity index (χ4v) is 4.88. The molecule has 8 heteroatoms. The van der Waals surface area contributed by atoms with Crippen molar-refractivity contribution in [2.75, 3.05) is 38.5 Å². The van der Waals surface area contributed by atoms with Crippen LogP contribution in [0.4, 0.5) is 0 Å². The number of nitrogens with zero attached hydrogens (tertiary/aromatic N) is 2. The molecule has 1 N–H and O–H groups in total. The smallest absolute Gasteiger partial charge is 0.222 e. The summed E-state index contributed by atoms with van der Waals surface area (Å²) in [6, 6.07) is 0.280. The number of carbonyl (C=O) groups excluding carboxylic acids is 1. The van der Waals surface area contributed by atoms with Crippen molar-refractivity contribution in [3.05, 3.63) is 0 Å². The molecule has 2 saturated heterocycles. The number of sulfonamides is 1. The van der Waals surface area contributed by atoms with Crippen LogP contribution < -0.4 is 5.32 Å². The van der Waals surface area contributed by atoms with Crippen molar-refractivity contribution in [3.8, 4) is 0 Å². The van der Waals surface area contributed by atoms with E-state index in [1.54, 1.807) is 4.31 Å². The lowest BCUT2D eigenvalue weighted by molar-refractivity contribution is -0.133. The number of hydrogen-bond donors (Lipinski definition) is 1. The molecule has 0 spiro atoms. The van der Waals surface area contributed by atoms with E-state index in [-0.39, 0.29) is 30.1 Å². The average molecular weight is 368 g/mol. The highest BCUT2D eigenvalue weighted by atomic mass is 35.5. The lowest BCUT2D eigenvalue weighted by Crippen LogP contribution is -2.42. The lowest BCUT2D eigenvalue weighted by Gasteiger charge is -2.28. The summed E-state index contributed by atoms with van der Waals surface area (Å²) < 4.78 is 25.9. The van der Waals surface area contributed by atoms with Crippen molar-refractivity contribution in [2.45, 2.75) is 51.5 Å². The third-order valence-electron chi connectivity index (χ3n) is 4.51. The Morgan fingerprint density at radius 2 is 2.00 bits per heavy atom. The van der Waals surface area contributed by atoms with Crippen molar-refractivity contribution in [3.63, 3.8) is 0 Å². The predicted molar refractivity (Wildman–Crippen MR) is 94.4 cm³/mol. The van der Waals surface area contributed by atoms with E-state index in [4.69, 9.17) is 0 Å². The fourth-order valence-electron chi connectivity index (χ4n) is 3.30. The van der Waals surface area contributed by atoms with Crippen molar-refractivity contribution in [2.24, 2.45) is 0 Å². The number of amides is 1. The van der Waals surface area contributed by atoms with Gasteiger partial charge < -0.3 is 10.2 Å². The third-order valence-corrected chi connectivity index (χ3v) is 6.47. The van der Waals surface area contributed by atoms with Gasteiger partial charge in [-0.05, 0) is 38.6 Å². The van der Waals surface area contributed by atoms with E-state index < -0.39 is 10.0 Å². The second kappa shape index (κ2) is 9.81. The highest BCUT2D eigenvalue weighted by Crippen LogP contribution is 2.16. The standard InChI is InChI=1S/C15H29N3O3S.ClH/c1-2-9-18(14-7-8-16-13-14)15(19)6-5-12-22(20,21)17-10-3-4-11-17;/h14,16H,2-13H2,1H3;1H. The van der Waals surface area contributed by atoms with Crippen LogP contribution in [0.1, 0.15) is 45.4 Å². The van der Waals surface area contributed by atoms with E-state index in [1.165, 1.54) is 0 Å². The van der Waals surface area contributed by atoms with E-state index >= 15 is 0 Å². The zero-order valence-electron chi connectivity index (χ0n) is 14.0. The second-order valence-corrected chi connectivity index (χ2v) is 8.35. The highest BCUT2D eigenvalue weighted by molar-refractivity contribution is 7.89. The van der Waals surface area contributed by atoms with Crippen LogP contribution in [0.25, 0.3) is 0 Å². The molecule has 2 heterocycles. The molecule has 0 bridgehead atoms. The zero-order chi connectivity index (χ0) is 16.0. The SMILES string of the molecule is CCCN(C(=O)CCCS(=O)(=O)N1CCCC1)C1CCNC1.Cl. The number of halogens is 1. The average Bonchev–Trinajstić information content (AvgIpc) is 3.17. The minimum atomic E-state index is -3.16. The van der Waals surface area contributed by atoms with Crippen LogP contribution in [0.3, 0.4) is 0 Å². The molecule has 1 atom stereocenters. The van der Waals surface area contributed by atoms with Gasteiger partial charge in [0.05, 0.1) is 5.75 Å². The van der Waals surface area contributed by atoms with Gasteiger partial charge in [-0.1, -0.05) is 6.92 Å². The molecular weight excluding hydrogens is 338 g/mol. The summed E-state index contributed by atoms with van der Waals surface area (Å²) in [6.45, 7) is 5.95. The van der Waals surface area contributed by atoms with Crippen LogP contribution in [0, 0.1) is 0 Å². The third kappa shape index (κ3) is 5.89. The molecule has 2 aliphatic heterocycles. The fraction of sp³-hybridized carbons (Fsp3) is 0.933. The van der Waals surface area contributed by atoms with E-state index in [2.05, 4.69) is 12.2 Å². The Morgan fingerprint density at radius 1 is 1.30 bits per heavy atom. The monoisotopic (exact) mass is 367 g/mol. The van der Waals surface area contributed by atoms with Crippen LogP contribution >= 0.6 is 12.4 Å². The van der Waals surface area contributed by atoms with Crippen LogP contribution in [0.15, 0.2) is 0 Å². The Balaban J connectivity index is 0.00000264. The van der Waals surface area contributed by atoms with Gasteiger partial charge in [0.25, 0.3) is 0 Å². The maximum absolute atomic E-state index is 12.4. The van der Waals surface area contributed by atoms with Crippen LogP contribution in [-0.2, 0) is 14.8 Å². The maximum atomic E-state index is 12.4. The largest absolute Gasteiger partial charge is 0.338 e. The number of nitrogens with one attached hydrogen (secondary N) is 1. The predicted octanol–water partition coefficient (Wildman–Crippen LogP) is 1.21. The van der Waals surface area contributed by atoms with Gasteiger partial charge in [0.15, 0.2) is 0 Å². The first-order chi connectivity index (χ1) is 10.5. The van der Waals surface area contributed by atoms with Gasteiger partial charge in [-0.3, -0.25) is 4.79 Å². The molecule has 2 rings (SSSR count). The molecule has 1 amide bonds. The first kappa shape index (κ1) is 20.7. The van der Waals surface area contributed by atoms with E-state index in [9.17, 15) is 13.2 Å². The summed E-state index contributed by atoms with van der Waals surface area (Å²) in [4.78, 5) is 14.4. The van der Waals surface area contributed by atoms with Gasteiger partial charge in [-0.2, -0.15) is 0 Å². The summed E-state index contributed by atoms with van der Waals surface area (Å²) in [6.07, 6.45) is 4.61. The van der Waals surface area contributed by atoms with E-state index in [1.807, 2.05) is 4.90 Å². The zero-order valence-corrected chi connectivity index (χ0v) is 15.6. The number of rotatable bonds is 8. The second-order valence-electron chi connectivity index (χ2n) is 6.26. The molecular formula is C15H30ClN3O3S. The Bertz CT molecular complexity index is 461. The lowest BCUT2D eigenvalue weighted by atomic mass is 10.2. The minimum absolute atomic E-state index is 0. The van der Waals surface area contributed by atoms with Crippen LogP contribution in [0.5, 0.6) is 0 Å². The summed E-state index contributed by atoms with van der Waals surface area (Å²) in [5.74, 6) is 0.203. The maximum Gasteiger partial charge on any atom is 0.222 e. The normalized spacial score (nSPS) is 22.0. The molecule has 0 radical (unpaired) electrons. The van der Waals surface area contributed by atoms with Crippen LogP contribution in [-0.4, -0.2) is 68.0 Å². The molecule has 2 fully saturated rings. The Labute approximate surface area is 146 Å². The Morgan fingerprint density at radius 3 is 2.57 bits per heavy atom. The van der Waals surface area contributed by atoms with Gasteiger partial charge >= 0.3 is 0 Å². The van der Waals surface area contributed by atoms with Crippen LogP contribution in [0.2, 0.25) is 0 Å². The van der Waals surface area contributed by atoms with Crippen molar-refractivity contribution >= 4 is 28.3 Å². The first-order valence-electron chi connectivity index (χ1n) is 8.52. The summed E-state index contributed by atoms with van der Waals surface area (Å²) in [5, 5.41) is 3.29. The Hall–Kier alpha value is -0.370. The number of carbonyl (C=O) groups is 1. The molecule has 0 aromatic carbocycles. The van der Waals surface area contributed by atoms with Crippen molar-refractivity contribution < 1.29 is 13.2 Å². The van der Waals surface area contributed by atoms with E-state index in [0.717, 1.165) is 45.3 Å². The van der Waals surface area contributed by atoms with Crippen molar-refractivity contribution in [1.82, 2.24) is 14.5 Å². The molecule has 0 saturated carbocycles. The van der Waals surface area contributed by atoms with E-state index in [0.29, 0.717) is 25.9 Å². The molecule has 1 unspecified atom stereocenters. The molecule has 136 valence electrons. The molecule has 6 nitrogen and oxygen atoms in total. The van der Waals surface area contributed by atoms with Crippen molar-refractivity contribution in [1.29, 1.82) is 0 Å². The summed E-state index contributed by atoms with van der Waals surface area (Å²) in [5.41, 5.74) is 0. The highest BCUT2D eigenvalue weighted by Gasteiger charge is 2.27. The quantitative estimate of drug-likeness (QED) is 0.700. The molecule has 2 aliphatic rings. The first-order valence-corrected chi connectivity index (χ1v) is 10.1. The molecule has 0 aromatic rings. The molecule has 0 aliphatic carbocycles. The van der Waals surface area contributed by atoms with Gasteiger partial charge in [0, 0.05) is 38.6 Å². The topological polar surface area (TPSA) is 69.7 Å². The Kier molecular flexibility index (Phi) is 8.82. The minimum Gasteiger partial charge on any atom is -0.338 e. The van der Waals surface area contributed by atoms with Gasteiger partial charge in [-0.25, -0.2) is 12.7 Å². The van der Waals surface area contributed by atoms with Gasteiger partial charge in [-0.15, -0.1) is 12.4 Å². The molecule has 23 heavy (non-hydrogen) atoms. The number of hydrogen-bond acceptors (Lipinski definition) is 4. The van der Waals surface area contributed by atoms with Gasteiger partial charge in [0.2, 0.25) is 15.9 Å². The summed E-state index contributed by atoms with van der Waals surface area (Å²) >= 11 is 0.